The topological polar surface area (TPSA) is 59.2 Å². The van der Waals surface area contributed by atoms with Crippen molar-refractivity contribution >= 4 is 23.4 Å². The van der Waals surface area contributed by atoms with Crippen molar-refractivity contribution in [2.24, 2.45) is 0 Å². The van der Waals surface area contributed by atoms with E-state index in [2.05, 4.69) is 4.98 Å². The van der Waals surface area contributed by atoms with Gasteiger partial charge in [-0.1, -0.05) is 11.6 Å². The van der Waals surface area contributed by atoms with Gasteiger partial charge in [-0.05, 0) is 60.7 Å². The van der Waals surface area contributed by atoms with Crippen molar-refractivity contribution in [3.8, 4) is 5.75 Å². The number of aromatic nitrogens is 1. The monoisotopic (exact) mass is 325 g/mol. The summed E-state index contributed by atoms with van der Waals surface area (Å²) in [7, 11) is 0. The third-order valence-electron chi connectivity index (χ3n) is 3.25. The summed E-state index contributed by atoms with van der Waals surface area (Å²) in [5, 5.41) is 0.577. The molecule has 0 unspecified atom stereocenters. The van der Waals surface area contributed by atoms with Gasteiger partial charge in [-0.15, -0.1) is 0 Å². The number of benzene rings is 2. The number of nitrogens with one attached hydrogen (secondary N) is 1. The van der Waals surface area contributed by atoms with Gasteiger partial charge in [-0.3, -0.25) is 4.79 Å². The number of hydrogen-bond acceptors (Lipinski definition) is 3. The summed E-state index contributed by atoms with van der Waals surface area (Å²) in [6.07, 6.45) is 1.64. The van der Waals surface area contributed by atoms with Gasteiger partial charge in [0, 0.05) is 22.3 Å². The summed E-state index contributed by atoms with van der Waals surface area (Å²) in [5.74, 6) is -0.229. The molecule has 4 nitrogen and oxygen atoms in total. The van der Waals surface area contributed by atoms with Gasteiger partial charge < -0.3 is 9.72 Å². The van der Waals surface area contributed by atoms with Crippen LogP contribution in [0.5, 0.6) is 5.75 Å². The third-order valence-corrected chi connectivity index (χ3v) is 3.50. The van der Waals surface area contributed by atoms with Gasteiger partial charge in [0.05, 0.1) is 0 Å². The number of carbonyl (C=O) groups excluding carboxylic acids is 2. The molecule has 23 heavy (non-hydrogen) atoms. The molecule has 0 amide bonds. The maximum Gasteiger partial charge on any atom is 0.360 e. The summed E-state index contributed by atoms with van der Waals surface area (Å²) < 4.78 is 5.22. The van der Waals surface area contributed by atoms with Crippen molar-refractivity contribution in [3.63, 3.8) is 0 Å². The fourth-order valence-electron chi connectivity index (χ4n) is 2.06. The molecule has 3 rings (SSSR count). The third kappa shape index (κ3) is 3.49. The van der Waals surface area contributed by atoms with Crippen LogP contribution in [0.3, 0.4) is 0 Å². The van der Waals surface area contributed by atoms with Gasteiger partial charge in [-0.2, -0.15) is 0 Å². The summed E-state index contributed by atoms with van der Waals surface area (Å²) in [4.78, 5) is 26.9. The van der Waals surface area contributed by atoms with Gasteiger partial charge in [0.2, 0.25) is 0 Å². The van der Waals surface area contributed by atoms with Crippen LogP contribution in [0.4, 0.5) is 0 Å². The van der Waals surface area contributed by atoms with E-state index in [0.717, 1.165) is 0 Å². The second-order valence-corrected chi connectivity index (χ2v) is 5.27. The van der Waals surface area contributed by atoms with Gasteiger partial charge in [0.15, 0.2) is 5.78 Å². The predicted octanol–water partition coefficient (Wildman–Crippen LogP) is 4.12. The van der Waals surface area contributed by atoms with E-state index in [1.807, 2.05) is 0 Å². The summed E-state index contributed by atoms with van der Waals surface area (Å²) >= 11 is 5.81. The Hall–Kier alpha value is -2.85. The van der Waals surface area contributed by atoms with Crippen LogP contribution in [0.15, 0.2) is 66.9 Å². The summed E-state index contributed by atoms with van der Waals surface area (Å²) in [6.45, 7) is 0. The molecule has 0 radical (unpaired) electrons. The van der Waals surface area contributed by atoms with Crippen LogP contribution in [0.2, 0.25) is 5.02 Å². The molecular weight excluding hydrogens is 314 g/mol. The predicted molar refractivity (Wildman–Crippen MR) is 87.1 cm³/mol. The smallest absolute Gasteiger partial charge is 0.360 e. The Morgan fingerprint density at radius 1 is 0.870 bits per heavy atom. The Morgan fingerprint density at radius 3 is 2.04 bits per heavy atom. The normalized spacial score (nSPS) is 10.3. The average molecular weight is 326 g/mol. The molecule has 0 spiro atoms. The lowest BCUT2D eigenvalue weighted by molar-refractivity contribution is 0.0729. The highest BCUT2D eigenvalue weighted by molar-refractivity contribution is 6.30. The van der Waals surface area contributed by atoms with Gasteiger partial charge in [0.25, 0.3) is 0 Å². The summed E-state index contributed by atoms with van der Waals surface area (Å²) in [6, 6.07) is 16.4. The molecule has 0 aliphatic heterocycles. The highest BCUT2D eigenvalue weighted by Gasteiger charge is 2.11. The van der Waals surface area contributed by atoms with Crippen molar-refractivity contribution in [2.45, 2.75) is 0 Å². The quantitative estimate of drug-likeness (QED) is 0.446. The fourth-order valence-corrected chi connectivity index (χ4v) is 2.19. The molecule has 0 aliphatic carbocycles. The van der Waals surface area contributed by atoms with E-state index < -0.39 is 5.97 Å². The van der Waals surface area contributed by atoms with E-state index >= 15 is 0 Å². The maximum atomic E-state index is 12.3. The molecule has 5 heteroatoms. The number of carbonyl (C=O) groups is 2. The lowest BCUT2D eigenvalue weighted by Gasteiger charge is -2.05. The van der Waals surface area contributed by atoms with E-state index in [1.54, 1.807) is 66.9 Å². The number of esters is 1. The van der Waals surface area contributed by atoms with Crippen LogP contribution in [-0.2, 0) is 0 Å². The van der Waals surface area contributed by atoms with Crippen molar-refractivity contribution in [1.29, 1.82) is 0 Å². The van der Waals surface area contributed by atoms with Crippen LogP contribution in [0.1, 0.15) is 26.4 Å². The Labute approximate surface area is 137 Å². The number of ketones is 1. The van der Waals surface area contributed by atoms with Crippen LogP contribution < -0.4 is 4.74 Å². The van der Waals surface area contributed by atoms with E-state index in [-0.39, 0.29) is 5.78 Å². The standard InChI is InChI=1S/C18H12ClNO3/c19-14-7-3-12(4-8-14)17(21)13-5-9-15(10-6-13)23-18(22)16-2-1-11-20-16/h1-11,20H. The second kappa shape index (κ2) is 6.50. The van der Waals surface area contributed by atoms with E-state index in [9.17, 15) is 9.59 Å². The minimum atomic E-state index is -0.480. The molecule has 2 aromatic carbocycles. The highest BCUT2D eigenvalue weighted by atomic mass is 35.5. The lowest BCUT2D eigenvalue weighted by atomic mass is 10.0. The highest BCUT2D eigenvalue weighted by Crippen LogP contribution is 2.18. The Bertz CT molecular complexity index is 822. The van der Waals surface area contributed by atoms with Crippen molar-refractivity contribution in [1.82, 2.24) is 4.98 Å². The SMILES string of the molecule is O=C(c1ccc(Cl)cc1)c1ccc(OC(=O)c2ccc[nH]2)cc1. The summed E-state index contributed by atoms with van der Waals surface area (Å²) in [5.41, 5.74) is 1.42. The zero-order valence-electron chi connectivity index (χ0n) is 12.0. The van der Waals surface area contributed by atoms with Crippen LogP contribution >= 0.6 is 11.6 Å². The van der Waals surface area contributed by atoms with Crippen LogP contribution in [-0.4, -0.2) is 16.7 Å². The molecule has 3 aromatic rings. The molecule has 114 valence electrons. The molecule has 1 heterocycles. The van der Waals surface area contributed by atoms with Gasteiger partial charge in [0.1, 0.15) is 11.4 Å². The zero-order chi connectivity index (χ0) is 16.2. The number of aromatic amines is 1. The molecule has 0 aliphatic rings. The minimum Gasteiger partial charge on any atom is -0.422 e. The Balaban J connectivity index is 1.73. The molecule has 0 saturated carbocycles. The van der Waals surface area contributed by atoms with Crippen molar-refractivity contribution < 1.29 is 14.3 Å². The first-order valence-electron chi connectivity index (χ1n) is 6.89. The van der Waals surface area contributed by atoms with Crippen molar-refractivity contribution in [2.75, 3.05) is 0 Å². The number of ether oxygens (including phenoxy) is 1. The minimum absolute atomic E-state index is 0.121. The van der Waals surface area contributed by atoms with E-state index in [4.69, 9.17) is 16.3 Å². The number of H-pyrrole nitrogens is 1. The molecule has 1 aromatic heterocycles. The number of halogens is 1. The number of rotatable bonds is 4. The lowest BCUT2D eigenvalue weighted by Crippen LogP contribution is -2.09. The largest absolute Gasteiger partial charge is 0.422 e. The molecule has 0 saturated heterocycles. The second-order valence-electron chi connectivity index (χ2n) is 4.83. The van der Waals surface area contributed by atoms with Gasteiger partial charge in [-0.25, -0.2) is 4.79 Å². The zero-order valence-corrected chi connectivity index (χ0v) is 12.7. The average Bonchev–Trinajstić information content (AvgIpc) is 3.10. The molecule has 0 fully saturated rings. The molecule has 1 N–H and O–H groups in total. The van der Waals surface area contributed by atoms with Gasteiger partial charge >= 0.3 is 5.97 Å². The number of hydrogen-bond donors (Lipinski definition) is 1. The van der Waals surface area contributed by atoms with Crippen molar-refractivity contribution in [3.05, 3.63) is 88.7 Å². The van der Waals surface area contributed by atoms with Crippen LogP contribution in [0, 0.1) is 0 Å². The van der Waals surface area contributed by atoms with E-state index in [1.165, 1.54) is 0 Å². The molecule has 0 atom stereocenters. The first kappa shape index (κ1) is 15.1. The molecular formula is C18H12ClNO3. The fraction of sp³-hybridized carbons (Fsp3) is 0. The first-order chi connectivity index (χ1) is 11.1. The van der Waals surface area contributed by atoms with Crippen LogP contribution in [0.25, 0.3) is 0 Å². The first-order valence-corrected chi connectivity index (χ1v) is 7.27. The Morgan fingerprint density at radius 2 is 1.48 bits per heavy atom. The maximum absolute atomic E-state index is 12.3. The van der Waals surface area contributed by atoms with E-state index in [0.29, 0.717) is 27.6 Å². The molecule has 0 bridgehead atoms. The Kier molecular flexibility index (Phi) is 4.26.